The average molecular weight is 488 g/mol. The summed E-state index contributed by atoms with van der Waals surface area (Å²) in [5.74, 6) is -2.75. The van der Waals surface area contributed by atoms with E-state index in [2.05, 4.69) is 20.8 Å². The van der Waals surface area contributed by atoms with Crippen LogP contribution in [0.25, 0.3) is 22.0 Å². The second kappa shape index (κ2) is 9.83. The van der Waals surface area contributed by atoms with Gasteiger partial charge >= 0.3 is 6.03 Å². The van der Waals surface area contributed by atoms with Crippen LogP contribution in [0.15, 0.2) is 84.9 Å². The third-order valence-corrected chi connectivity index (χ3v) is 5.50. The van der Waals surface area contributed by atoms with E-state index in [1.807, 2.05) is 42.5 Å². The number of aromatic nitrogens is 2. The molecule has 0 aliphatic carbocycles. The molecule has 1 heterocycles. The second-order valence-corrected chi connectivity index (χ2v) is 7.95. The van der Waals surface area contributed by atoms with E-state index >= 15 is 0 Å². The fourth-order valence-corrected chi connectivity index (χ4v) is 3.66. The zero-order chi connectivity index (χ0) is 25.1. The summed E-state index contributed by atoms with van der Waals surface area (Å²) in [4.78, 5) is 12.6. The first-order chi connectivity index (χ1) is 17.5. The number of amides is 2. The Bertz CT molecular complexity index is 1540. The first-order valence-electron chi connectivity index (χ1n) is 10.9. The number of carbonyl (C=O) groups excluding carboxylic acids is 1. The van der Waals surface area contributed by atoms with Crippen LogP contribution < -0.4 is 15.4 Å². The van der Waals surface area contributed by atoms with Crippen LogP contribution in [-0.2, 0) is 6.61 Å². The Kier molecular flexibility index (Phi) is 6.27. The van der Waals surface area contributed by atoms with E-state index in [0.29, 0.717) is 28.4 Å². The summed E-state index contributed by atoms with van der Waals surface area (Å²) in [6.45, 7) is -0.311. The van der Waals surface area contributed by atoms with E-state index < -0.39 is 23.5 Å². The molecule has 0 fully saturated rings. The maximum Gasteiger partial charge on any atom is 0.324 e. The van der Waals surface area contributed by atoms with E-state index in [1.54, 1.807) is 30.3 Å². The lowest BCUT2D eigenvalue weighted by Crippen LogP contribution is -2.19. The van der Waals surface area contributed by atoms with E-state index in [0.717, 1.165) is 17.2 Å². The number of ether oxygens (including phenoxy) is 1. The van der Waals surface area contributed by atoms with Gasteiger partial charge in [0.25, 0.3) is 0 Å². The van der Waals surface area contributed by atoms with E-state index in [-0.39, 0.29) is 18.0 Å². The predicted octanol–water partition coefficient (Wildman–Crippen LogP) is 6.87. The molecule has 36 heavy (non-hydrogen) atoms. The van der Waals surface area contributed by atoms with Gasteiger partial charge in [0.15, 0.2) is 17.5 Å². The minimum atomic E-state index is -1.27. The minimum Gasteiger partial charge on any atom is -0.489 e. The maximum absolute atomic E-state index is 13.9. The van der Waals surface area contributed by atoms with Crippen LogP contribution in [0.1, 0.15) is 5.56 Å². The minimum absolute atomic E-state index is 0.128. The molecular weight excluding hydrogens is 469 g/mol. The number of nitrogens with zero attached hydrogens (tertiary/aromatic N) is 1. The normalized spacial score (nSPS) is 10.9. The Morgan fingerprint density at radius 2 is 1.53 bits per heavy atom. The molecule has 4 aromatic carbocycles. The standard InChI is InChI=1S/C27H19F3N4O2/c28-22-14-24(30)23(29)12-18(22)15-36-20-10-11-25-21(13-20)26(34-33-25)32-27(35)31-19-8-6-17(7-9-19)16-4-2-1-3-5-16/h1-14H,15H2,(H3,31,32,33,34,35). The average Bonchev–Trinajstić information content (AvgIpc) is 3.28. The lowest BCUT2D eigenvalue weighted by molar-refractivity contribution is 0.262. The molecule has 9 heteroatoms. The van der Waals surface area contributed by atoms with Crippen LogP contribution in [0.3, 0.4) is 0 Å². The molecule has 6 nitrogen and oxygen atoms in total. The van der Waals surface area contributed by atoms with Gasteiger partial charge in [-0.3, -0.25) is 10.4 Å². The van der Waals surface area contributed by atoms with Crippen molar-refractivity contribution >= 4 is 28.4 Å². The summed E-state index contributed by atoms with van der Waals surface area (Å²) in [7, 11) is 0. The summed E-state index contributed by atoms with van der Waals surface area (Å²) in [6, 6.07) is 22.9. The Morgan fingerprint density at radius 3 is 2.31 bits per heavy atom. The second-order valence-electron chi connectivity index (χ2n) is 7.95. The molecule has 2 amide bonds. The molecule has 5 rings (SSSR count). The summed E-state index contributed by atoms with van der Waals surface area (Å²) in [5, 5.41) is 12.9. The van der Waals surface area contributed by atoms with Crippen molar-refractivity contribution in [2.24, 2.45) is 0 Å². The van der Waals surface area contributed by atoms with Gasteiger partial charge in [-0.25, -0.2) is 18.0 Å². The van der Waals surface area contributed by atoms with Gasteiger partial charge in [0, 0.05) is 22.7 Å². The number of aromatic amines is 1. The topological polar surface area (TPSA) is 79.0 Å². The van der Waals surface area contributed by atoms with Gasteiger partial charge in [0.1, 0.15) is 18.2 Å². The smallest absolute Gasteiger partial charge is 0.324 e. The molecule has 5 aromatic rings. The van der Waals surface area contributed by atoms with Crippen molar-refractivity contribution in [3.8, 4) is 16.9 Å². The number of fused-ring (bicyclic) bond motifs is 1. The number of H-pyrrole nitrogens is 1. The number of benzene rings is 4. The maximum atomic E-state index is 13.9. The number of urea groups is 1. The number of hydrogen-bond acceptors (Lipinski definition) is 3. The summed E-state index contributed by atoms with van der Waals surface area (Å²) >= 11 is 0. The van der Waals surface area contributed by atoms with Crippen molar-refractivity contribution in [1.82, 2.24) is 10.2 Å². The fraction of sp³-hybridized carbons (Fsp3) is 0.0370. The van der Waals surface area contributed by atoms with Gasteiger partial charge in [-0.2, -0.15) is 5.10 Å². The van der Waals surface area contributed by atoms with Crippen molar-refractivity contribution in [3.05, 3.63) is 108 Å². The number of rotatable bonds is 6. The lowest BCUT2D eigenvalue weighted by atomic mass is 10.1. The largest absolute Gasteiger partial charge is 0.489 e. The predicted molar refractivity (Wildman–Crippen MR) is 131 cm³/mol. The number of hydrogen-bond donors (Lipinski definition) is 3. The Labute approximate surface area is 203 Å². The highest BCUT2D eigenvalue weighted by molar-refractivity contribution is 6.04. The number of nitrogens with one attached hydrogen (secondary N) is 3. The van der Waals surface area contributed by atoms with Crippen molar-refractivity contribution in [2.75, 3.05) is 10.6 Å². The third kappa shape index (κ3) is 5.00. The van der Waals surface area contributed by atoms with Gasteiger partial charge in [-0.15, -0.1) is 0 Å². The molecule has 0 unspecified atom stereocenters. The molecule has 0 spiro atoms. The monoisotopic (exact) mass is 488 g/mol. The van der Waals surface area contributed by atoms with Gasteiger partial charge in [-0.1, -0.05) is 42.5 Å². The van der Waals surface area contributed by atoms with Crippen LogP contribution in [0, 0.1) is 17.5 Å². The van der Waals surface area contributed by atoms with Crippen molar-refractivity contribution < 1.29 is 22.7 Å². The van der Waals surface area contributed by atoms with E-state index in [1.165, 1.54) is 0 Å². The Morgan fingerprint density at radius 1 is 0.806 bits per heavy atom. The van der Waals surface area contributed by atoms with Gasteiger partial charge < -0.3 is 10.1 Å². The van der Waals surface area contributed by atoms with Crippen LogP contribution in [0.5, 0.6) is 5.75 Å². The van der Waals surface area contributed by atoms with Crippen LogP contribution >= 0.6 is 0 Å². The Hall–Kier alpha value is -4.79. The molecule has 0 saturated heterocycles. The molecule has 0 aliphatic heterocycles. The molecule has 0 radical (unpaired) electrons. The summed E-state index contributed by atoms with van der Waals surface area (Å²) < 4.78 is 46.0. The van der Waals surface area contributed by atoms with E-state index in [9.17, 15) is 18.0 Å². The number of carbonyl (C=O) groups is 1. The molecule has 0 saturated carbocycles. The molecule has 1 aromatic heterocycles. The fourth-order valence-electron chi connectivity index (χ4n) is 3.66. The van der Waals surface area contributed by atoms with Gasteiger partial charge in [0.2, 0.25) is 0 Å². The number of halogens is 3. The lowest BCUT2D eigenvalue weighted by Gasteiger charge is -2.09. The van der Waals surface area contributed by atoms with Crippen LogP contribution in [-0.4, -0.2) is 16.2 Å². The highest BCUT2D eigenvalue weighted by Crippen LogP contribution is 2.27. The highest BCUT2D eigenvalue weighted by atomic mass is 19.2. The quantitative estimate of drug-likeness (QED) is 0.228. The Balaban J connectivity index is 1.26. The molecular formula is C27H19F3N4O2. The molecule has 0 atom stereocenters. The number of anilines is 2. The summed E-state index contributed by atoms with van der Waals surface area (Å²) in [6.07, 6.45) is 0. The first kappa shape index (κ1) is 23.0. The van der Waals surface area contributed by atoms with Gasteiger partial charge in [0.05, 0.1) is 5.52 Å². The van der Waals surface area contributed by atoms with Crippen molar-refractivity contribution in [2.45, 2.75) is 6.61 Å². The van der Waals surface area contributed by atoms with Crippen LogP contribution in [0.2, 0.25) is 0 Å². The van der Waals surface area contributed by atoms with Crippen LogP contribution in [0.4, 0.5) is 29.5 Å². The SMILES string of the molecule is O=C(Nc1ccc(-c2ccccc2)cc1)Nc1n[nH]c2ccc(OCc3cc(F)c(F)cc3F)cc12. The van der Waals surface area contributed by atoms with E-state index in [4.69, 9.17) is 4.74 Å². The molecule has 3 N–H and O–H groups in total. The van der Waals surface area contributed by atoms with Gasteiger partial charge in [-0.05, 0) is 47.5 Å². The summed E-state index contributed by atoms with van der Waals surface area (Å²) in [5.41, 5.74) is 3.20. The molecule has 0 bridgehead atoms. The zero-order valence-corrected chi connectivity index (χ0v) is 18.7. The molecule has 180 valence electrons. The van der Waals surface area contributed by atoms with Crippen molar-refractivity contribution in [3.63, 3.8) is 0 Å². The third-order valence-electron chi connectivity index (χ3n) is 5.50. The molecule has 0 aliphatic rings. The first-order valence-corrected chi connectivity index (χ1v) is 10.9. The van der Waals surface area contributed by atoms with Crippen molar-refractivity contribution in [1.29, 1.82) is 0 Å². The highest BCUT2D eigenvalue weighted by Gasteiger charge is 2.13. The zero-order valence-electron chi connectivity index (χ0n) is 18.7.